The first kappa shape index (κ1) is 20.2. The Bertz CT molecular complexity index is 1580. The Hall–Kier alpha value is -4.70. The van der Waals surface area contributed by atoms with Gasteiger partial charge in [-0.15, -0.1) is 0 Å². The third-order valence-electron chi connectivity index (χ3n) is 5.32. The van der Waals surface area contributed by atoms with Crippen molar-refractivity contribution in [3.05, 3.63) is 112 Å². The van der Waals surface area contributed by atoms with E-state index in [1.165, 1.54) is 28.8 Å². The molecule has 33 heavy (non-hydrogen) atoms. The average molecular weight is 436 g/mol. The van der Waals surface area contributed by atoms with Crippen LogP contribution in [0.15, 0.2) is 89.9 Å². The third-order valence-corrected chi connectivity index (χ3v) is 5.32. The summed E-state index contributed by atoms with van der Waals surface area (Å²) in [5, 5.41) is 9.73. The molecule has 0 bridgehead atoms. The molecule has 0 N–H and O–H groups in total. The zero-order valence-corrected chi connectivity index (χ0v) is 17.6. The maximum Gasteiger partial charge on any atom is 0.310 e. The minimum Gasteiger partial charge on any atom is -0.425 e. The highest BCUT2D eigenvalue weighted by Crippen LogP contribution is 2.28. The minimum absolute atomic E-state index is 0.0179. The van der Waals surface area contributed by atoms with E-state index in [1.54, 1.807) is 16.8 Å². The van der Waals surface area contributed by atoms with Crippen LogP contribution in [0, 0.1) is 24.1 Å². The molecule has 0 aliphatic rings. The molecule has 160 valence electrons. The Labute approximate surface area is 188 Å². The Morgan fingerprint density at radius 1 is 0.939 bits per heavy atom. The number of halogens is 1. The molecule has 7 heteroatoms. The Kier molecular flexibility index (Phi) is 4.96. The molecule has 0 unspecified atom stereocenters. The second kappa shape index (κ2) is 8.09. The van der Waals surface area contributed by atoms with Gasteiger partial charge >= 0.3 is 6.01 Å². The van der Waals surface area contributed by atoms with E-state index in [2.05, 4.69) is 11.1 Å². The van der Waals surface area contributed by atoms with E-state index in [1.807, 2.05) is 55.5 Å². The van der Waals surface area contributed by atoms with Crippen LogP contribution in [-0.2, 0) is 0 Å². The van der Waals surface area contributed by atoms with Crippen molar-refractivity contribution in [3.63, 3.8) is 0 Å². The van der Waals surface area contributed by atoms with E-state index < -0.39 is 11.4 Å². The van der Waals surface area contributed by atoms with Crippen molar-refractivity contribution in [2.75, 3.05) is 0 Å². The first-order chi connectivity index (χ1) is 16.1. The second-order valence-electron chi connectivity index (χ2n) is 7.44. The van der Waals surface area contributed by atoms with Gasteiger partial charge in [0.25, 0.3) is 5.56 Å². The quantitative estimate of drug-likeness (QED) is 0.384. The van der Waals surface area contributed by atoms with Crippen molar-refractivity contribution in [3.8, 4) is 29.2 Å². The van der Waals surface area contributed by atoms with Crippen molar-refractivity contribution >= 4 is 11.0 Å². The second-order valence-corrected chi connectivity index (χ2v) is 7.44. The predicted molar refractivity (Wildman–Crippen MR) is 123 cm³/mol. The molecule has 5 rings (SSSR count). The van der Waals surface area contributed by atoms with Crippen LogP contribution in [0.5, 0.6) is 11.8 Å². The number of aromatic nitrogens is 3. The fraction of sp³-hybridized carbons (Fsp3) is 0.0385. The number of hydrogen-bond donors (Lipinski definition) is 0. The third kappa shape index (κ3) is 3.54. The van der Waals surface area contributed by atoms with Crippen LogP contribution >= 0.6 is 0 Å². The summed E-state index contributed by atoms with van der Waals surface area (Å²) >= 11 is 0. The average Bonchev–Trinajstić information content (AvgIpc) is 3.21. The van der Waals surface area contributed by atoms with Gasteiger partial charge in [0.1, 0.15) is 28.7 Å². The maximum absolute atomic E-state index is 13.9. The molecule has 5 aromatic rings. The molecule has 2 heterocycles. The number of ether oxygens (including phenoxy) is 1. The van der Waals surface area contributed by atoms with E-state index in [0.29, 0.717) is 17.1 Å². The molecule has 2 aromatic heterocycles. The van der Waals surface area contributed by atoms with Crippen molar-refractivity contribution in [2.24, 2.45) is 0 Å². The van der Waals surface area contributed by atoms with E-state index in [9.17, 15) is 14.4 Å². The molecular weight excluding hydrogens is 419 g/mol. The van der Waals surface area contributed by atoms with E-state index in [-0.39, 0.29) is 22.6 Å². The van der Waals surface area contributed by atoms with Crippen molar-refractivity contribution in [1.82, 2.24) is 14.1 Å². The summed E-state index contributed by atoms with van der Waals surface area (Å²) in [6.45, 7) is 1.88. The van der Waals surface area contributed by atoms with Gasteiger partial charge in [0, 0.05) is 11.9 Å². The summed E-state index contributed by atoms with van der Waals surface area (Å²) in [5.74, 6) is 0.0854. The monoisotopic (exact) mass is 436 g/mol. The highest BCUT2D eigenvalue weighted by molar-refractivity contribution is 5.84. The van der Waals surface area contributed by atoms with Crippen LogP contribution in [0.3, 0.4) is 0 Å². The summed E-state index contributed by atoms with van der Waals surface area (Å²) in [7, 11) is 0. The lowest BCUT2D eigenvalue weighted by molar-refractivity contribution is 0.424. The number of benzene rings is 3. The number of nitriles is 1. The molecule has 3 aromatic carbocycles. The van der Waals surface area contributed by atoms with Crippen molar-refractivity contribution in [1.29, 1.82) is 5.26 Å². The van der Waals surface area contributed by atoms with Crippen molar-refractivity contribution < 1.29 is 9.13 Å². The number of fused-ring (bicyclic) bond motifs is 1. The fourth-order valence-electron chi connectivity index (χ4n) is 3.68. The summed E-state index contributed by atoms with van der Waals surface area (Å²) in [6, 6.07) is 24.1. The standard InChI is InChI=1S/C26H17FN4O2/c1-17-7-5-6-10-22(17)33-26-29-23-18(15-28)16-30(20-8-3-2-4-9-20)24(23)25(32)31(26)21-13-11-19(27)12-14-21/h2-14,16H,1H3. The SMILES string of the molecule is Cc1ccccc1Oc1nc2c(C#N)cn(-c3ccccc3)c2c(=O)n1-c1ccc(F)cc1. The molecule has 0 amide bonds. The highest BCUT2D eigenvalue weighted by Gasteiger charge is 2.22. The van der Waals surface area contributed by atoms with Gasteiger partial charge in [0.05, 0.1) is 11.3 Å². The molecule has 6 nitrogen and oxygen atoms in total. The summed E-state index contributed by atoms with van der Waals surface area (Å²) in [4.78, 5) is 18.4. The molecular formula is C26H17FN4O2. The number of nitrogens with zero attached hydrogens (tertiary/aromatic N) is 4. The highest BCUT2D eigenvalue weighted by atomic mass is 19.1. The largest absolute Gasteiger partial charge is 0.425 e. The number of para-hydroxylation sites is 2. The summed E-state index contributed by atoms with van der Waals surface area (Å²) in [6.07, 6.45) is 1.58. The minimum atomic E-state index is -0.444. The van der Waals surface area contributed by atoms with E-state index >= 15 is 0 Å². The van der Waals surface area contributed by atoms with Gasteiger partial charge in [0.2, 0.25) is 0 Å². The summed E-state index contributed by atoms with van der Waals surface area (Å²) in [5.41, 5.74) is 2.19. The van der Waals surface area contributed by atoms with Gasteiger partial charge < -0.3 is 9.30 Å². The van der Waals surface area contributed by atoms with Gasteiger partial charge in [-0.1, -0.05) is 36.4 Å². The van der Waals surface area contributed by atoms with Crippen LogP contribution in [0.25, 0.3) is 22.4 Å². The van der Waals surface area contributed by atoms with Crippen molar-refractivity contribution in [2.45, 2.75) is 6.92 Å². The van der Waals surface area contributed by atoms with Crippen LogP contribution in [0.2, 0.25) is 0 Å². The summed E-state index contributed by atoms with van der Waals surface area (Å²) < 4.78 is 22.6. The Balaban J connectivity index is 1.85. The van der Waals surface area contributed by atoms with Gasteiger partial charge in [-0.25, -0.2) is 8.96 Å². The maximum atomic E-state index is 13.9. The van der Waals surface area contributed by atoms with Crippen LogP contribution in [0.1, 0.15) is 11.1 Å². The lowest BCUT2D eigenvalue weighted by Gasteiger charge is -2.15. The van der Waals surface area contributed by atoms with Gasteiger partial charge in [-0.05, 0) is 55.0 Å². The number of aryl methyl sites for hydroxylation is 1. The van der Waals surface area contributed by atoms with Gasteiger partial charge in [0.15, 0.2) is 0 Å². The zero-order valence-electron chi connectivity index (χ0n) is 17.6. The smallest absolute Gasteiger partial charge is 0.310 e. The first-order valence-electron chi connectivity index (χ1n) is 10.2. The molecule has 0 fully saturated rings. The normalized spacial score (nSPS) is 10.8. The molecule has 0 spiro atoms. The lowest BCUT2D eigenvalue weighted by atomic mass is 10.2. The lowest BCUT2D eigenvalue weighted by Crippen LogP contribution is -2.23. The Morgan fingerprint density at radius 2 is 1.64 bits per heavy atom. The Morgan fingerprint density at radius 3 is 2.33 bits per heavy atom. The predicted octanol–water partition coefficient (Wildman–Crippen LogP) is 5.29. The molecule has 0 saturated carbocycles. The van der Waals surface area contributed by atoms with Crippen LogP contribution < -0.4 is 10.3 Å². The van der Waals surface area contributed by atoms with E-state index in [4.69, 9.17) is 4.74 Å². The van der Waals surface area contributed by atoms with Crippen LogP contribution in [-0.4, -0.2) is 14.1 Å². The molecule has 0 saturated heterocycles. The molecule has 0 radical (unpaired) electrons. The number of rotatable bonds is 4. The zero-order chi connectivity index (χ0) is 22.9. The molecule has 0 aliphatic carbocycles. The fourth-order valence-corrected chi connectivity index (χ4v) is 3.68. The van der Waals surface area contributed by atoms with Gasteiger partial charge in [-0.2, -0.15) is 10.2 Å². The van der Waals surface area contributed by atoms with E-state index in [0.717, 1.165) is 5.56 Å². The molecule has 0 aliphatic heterocycles. The molecule has 0 atom stereocenters. The van der Waals surface area contributed by atoms with Crippen LogP contribution in [0.4, 0.5) is 4.39 Å². The first-order valence-corrected chi connectivity index (χ1v) is 10.2. The number of hydrogen-bond acceptors (Lipinski definition) is 4. The van der Waals surface area contributed by atoms with Gasteiger partial charge in [-0.3, -0.25) is 4.79 Å². The topological polar surface area (TPSA) is 72.8 Å².